The van der Waals surface area contributed by atoms with E-state index in [-0.39, 0.29) is 2.85 Å². The molecule has 0 radical (unpaired) electrons. The fourth-order valence-corrected chi connectivity index (χ4v) is 1.77. The van der Waals surface area contributed by atoms with E-state index in [4.69, 9.17) is 0 Å². The van der Waals surface area contributed by atoms with E-state index in [2.05, 4.69) is 69.2 Å². The van der Waals surface area contributed by atoms with Crippen molar-refractivity contribution in [3.63, 3.8) is 0 Å². The van der Waals surface area contributed by atoms with Gasteiger partial charge in [-0.1, -0.05) is 69.2 Å². The van der Waals surface area contributed by atoms with Gasteiger partial charge in [0.2, 0.25) is 0 Å². The molecule has 0 heterocycles. The molecule has 0 unspecified atom stereocenters. The molecule has 0 spiro atoms. The fraction of sp³-hybridized carbons (Fsp3) is 1.00. The molecule has 104 valence electrons. The highest BCUT2D eigenvalue weighted by Crippen LogP contribution is 2.44. The second kappa shape index (κ2) is 9.07. The van der Waals surface area contributed by atoms with Crippen LogP contribution >= 0.6 is 0 Å². The van der Waals surface area contributed by atoms with Gasteiger partial charge in [-0.15, -0.1) is 0 Å². The highest BCUT2D eigenvalue weighted by Gasteiger charge is 2.38. The third kappa shape index (κ3) is 9.24. The SMILES string of the molecule is CC(C)C.CC(C)C.CC1C(C)C(C)C1C.[2HH].[2HH]. The Labute approximate surface area is 108 Å². The van der Waals surface area contributed by atoms with Gasteiger partial charge in [0, 0.05) is 2.85 Å². The van der Waals surface area contributed by atoms with Crippen molar-refractivity contribution in [2.45, 2.75) is 69.2 Å². The molecule has 1 saturated carbocycles. The maximum absolute atomic E-state index is 2.36. The Morgan fingerprint density at radius 1 is 0.500 bits per heavy atom. The van der Waals surface area contributed by atoms with Crippen molar-refractivity contribution in [3.8, 4) is 0 Å². The van der Waals surface area contributed by atoms with Gasteiger partial charge in [0.15, 0.2) is 0 Å². The molecule has 16 heavy (non-hydrogen) atoms. The molecule has 1 aliphatic rings. The molecule has 1 rings (SSSR count). The quantitative estimate of drug-likeness (QED) is 0.457. The van der Waals surface area contributed by atoms with Crippen molar-refractivity contribution in [2.75, 3.05) is 0 Å². The van der Waals surface area contributed by atoms with Crippen molar-refractivity contribution in [3.05, 3.63) is 0 Å². The van der Waals surface area contributed by atoms with Gasteiger partial charge in [-0.2, -0.15) is 0 Å². The lowest BCUT2D eigenvalue weighted by atomic mass is 9.60. The first kappa shape index (κ1) is 18.4. The standard InChI is InChI=1S/C8H16.2C4H10.2H2/c1-5-6(2)8(4)7(5)3;2*1-4(2)3;;/h5-8H,1-4H3;2*4H,1-3H3;2*1H/i;;;2*1+1. The molecule has 0 N–H and O–H groups in total. The molecular formula is C16H40. The molecule has 0 aromatic carbocycles. The van der Waals surface area contributed by atoms with E-state index in [0.29, 0.717) is 0 Å². The van der Waals surface area contributed by atoms with Crippen LogP contribution in [0, 0.1) is 35.5 Å². The Morgan fingerprint density at radius 2 is 0.562 bits per heavy atom. The van der Waals surface area contributed by atoms with E-state index in [0.717, 1.165) is 35.5 Å². The van der Waals surface area contributed by atoms with Gasteiger partial charge in [-0.25, -0.2) is 0 Å². The first-order valence-electron chi connectivity index (χ1n) is 7.11. The minimum absolute atomic E-state index is 0. The van der Waals surface area contributed by atoms with E-state index in [1.54, 1.807) is 0 Å². The molecule has 1 aliphatic carbocycles. The summed E-state index contributed by atoms with van der Waals surface area (Å²) in [5.74, 6) is 5.57. The highest BCUT2D eigenvalue weighted by molar-refractivity contribution is 4.86. The molecule has 0 bridgehead atoms. The van der Waals surface area contributed by atoms with E-state index >= 15 is 0 Å². The molecule has 0 heteroatoms. The van der Waals surface area contributed by atoms with Crippen LogP contribution < -0.4 is 0 Å². The molecule has 0 nitrogen and oxygen atoms in total. The predicted octanol–water partition coefficient (Wildman–Crippen LogP) is 6.36. The van der Waals surface area contributed by atoms with Gasteiger partial charge in [0.05, 0.1) is 0 Å². The third-order valence-electron chi connectivity index (χ3n) is 3.32. The van der Waals surface area contributed by atoms with Crippen LogP contribution in [-0.2, 0) is 0 Å². The van der Waals surface area contributed by atoms with Crippen LogP contribution in [0.15, 0.2) is 0 Å². The number of rotatable bonds is 0. The van der Waals surface area contributed by atoms with Crippen molar-refractivity contribution in [1.82, 2.24) is 0 Å². The normalized spacial score (nSPS) is 32.2. The van der Waals surface area contributed by atoms with Crippen LogP contribution in [0.2, 0.25) is 0 Å². The molecule has 0 aliphatic heterocycles. The summed E-state index contributed by atoms with van der Waals surface area (Å²) < 4.78 is 0. The molecule has 0 aromatic heterocycles. The number of hydrogen-bond acceptors (Lipinski definition) is 0. The minimum atomic E-state index is 0. The summed E-state index contributed by atoms with van der Waals surface area (Å²) in [6.45, 7) is 22.4. The average Bonchev–Trinajstić information content (AvgIpc) is 2.13. The Kier molecular flexibility index (Phi) is 10.4. The second-order valence-electron chi connectivity index (χ2n) is 6.90. The van der Waals surface area contributed by atoms with Gasteiger partial charge in [0.1, 0.15) is 0 Å². The van der Waals surface area contributed by atoms with Crippen LogP contribution in [0.3, 0.4) is 0 Å². The smallest absolute Gasteiger partial charge is 0 e. The maximum atomic E-state index is 2.36. The van der Waals surface area contributed by atoms with E-state index in [9.17, 15) is 0 Å². The summed E-state index contributed by atoms with van der Waals surface area (Å²) in [6, 6.07) is 0. The lowest BCUT2D eigenvalue weighted by Crippen LogP contribution is -2.39. The van der Waals surface area contributed by atoms with Crippen LogP contribution in [0.4, 0.5) is 0 Å². The zero-order chi connectivity index (χ0) is 13.5. The molecule has 1 fully saturated rings. The van der Waals surface area contributed by atoms with Gasteiger partial charge >= 0.3 is 0 Å². The average molecular weight is 235 g/mol. The van der Waals surface area contributed by atoms with Gasteiger partial charge in [0.25, 0.3) is 0 Å². The van der Waals surface area contributed by atoms with Crippen LogP contribution in [-0.4, -0.2) is 0 Å². The second-order valence-corrected chi connectivity index (χ2v) is 6.90. The molecule has 0 aromatic rings. The highest BCUT2D eigenvalue weighted by atomic mass is 14.4. The summed E-state index contributed by atoms with van der Waals surface area (Å²) >= 11 is 0. The number of hydrogen-bond donors (Lipinski definition) is 0. The summed E-state index contributed by atoms with van der Waals surface area (Å²) in [5, 5.41) is 0. The van der Waals surface area contributed by atoms with Gasteiger partial charge < -0.3 is 0 Å². The third-order valence-corrected chi connectivity index (χ3v) is 3.32. The first-order chi connectivity index (χ1) is 7.11. The largest absolute Gasteiger partial charge is 0.0630 e. The van der Waals surface area contributed by atoms with Crippen molar-refractivity contribution in [1.29, 1.82) is 0 Å². The molecular weight excluding hydrogens is 192 g/mol. The maximum Gasteiger partial charge on any atom is 0 e. The summed E-state index contributed by atoms with van der Waals surface area (Å²) in [7, 11) is 0. The minimum Gasteiger partial charge on any atom is -0.0630 e. The predicted molar refractivity (Wildman–Crippen MR) is 81.9 cm³/mol. The summed E-state index contributed by atoms with van der Waals surface area (Å²) in [5.41, 5.74) is 0. The molecule has 0 atom stereocenters. The van der Waals surface area contributed by atoms with Crippen molar-refractivity contribution >= 4 is 0 Å². The zero-order valence-electron chi connectivity index (χ0n) is 13.5. The van der Waals surface area contributed by atoms with Crippen LogP contribution in [0.25, 0.3) is 0 Å². The molecule has 0 amide bonds. The monoisotopic (exact) mass is 234 g/mol. The topological polar surface area (TPSA) is 0 Å². The zero-order valence-corrected chi connectivity index (χ0v) is 13.5. The fourth-order valence-electron chi connectivity index (χ4n) is 1.77. The summed E-state index contributed by atoms with van der Waals surface area (Å²) in [4.78, 5) is 0. The Bertz CT molecular complexity index is 112. The van der Waals surface area contributed by atoms with Crippen molar-refractivity contribution < 1.29 is 2.85 Å². The Morgan fingerprint density at radius 3 is 0.625 bits per heavy atom. The van der Waals surface area contributed by atoms with E-state index in [1.807, 2.05) is 0 Å². The Balaban J connectivity index is -0.0000000860. The van der Waals surface area contributed by atoms with Crippen LogP contribution in [0.5, 0.6) is 0 Å². The first-order valence-corrected chi connectivity index (χ1v) is 7.11. The summed E-state index contributed by atoms with van der Waals surface area (Å²) in [6.07, 6.45) is 0. The van der Waals surface area contributed by atoms with Crippen LogP contribution in [0.1, 0.15) is 72.1 Å². The van der Waals surface area contributed by atoms with E-state index in [1.165, 1.54) is 0 Å². The Hall–Kier alpha value is 0. The van der Waals surface area contributed by atoms with E-state index < -0.39 is 0 Å². The lowest BCUT2D eigenvalue weighted by molar-refractivity contribution is 0.0302. The molecule has 0 saturated heterocycles. The van der Waals surface area contributed by atoms with Gasteiger partial charge in [-0.05, 0) is 35.5 Å². The van der Waals surface area contributed by atoms with Gasteiger partial charge in [-0.3, -0.25) is 0 Å². The lowest BCUT2D eigenvalue weighted by Gasteiger charge is -2.45. The van der Waals surface area contributed by atoms with Crippen molar-refractivity contribution in [2.24, 2.45) is 35.5 Å².